The molecule has 1 aliphatic heterocycles. The van der Waals surface area contributed by atoms with Gasteiger partial charge in [0.15, 0.2) is 0 Å². The zero-order valence-corrected chi connectivity index (χ0v) is 15.8. The number of fused-ring (bicyclic) bond motifs is 2. The van der Waals surface area contributed by atoms with E-state index in [4.69, 9.17) is 0 Å². The Morgan fingerprint density at radius 3 is 1.60 bits per heavy atom. The Hall–Kier alpha value is -1.95. The first-order valence-corrected chi connectivity index (χ1v) is 10.1. The highest BCUT2D eigenvalue weighted by Gasteiger charge is 2.49. The van der Waals surface area contributed by atoms with E-state index < -0.39 is 13.5 Å². The van der Waals surface area contributed by atoms with Crippen LogP contribution in [0.3, 0.4) is 0 Å². The summed E-state index contributed by atoms with van der Waals surface area (Å²) in [4.78, 5) is 0. The SMILES string of the molecule is CC(C)(C)C1(O)c2ccccc2P(c2ccccc2)c2ccccc21. The average Bonchev–Trinajstić information content (AvgIpc) is 2.62. The predicted octanol–water partition coefficient (Wildman–Crippen LogP) is 4.04. The summed E-state index contributed by atoms with van der Waals surface area (Å²) in [6.45, 7) is 6.37. The molecule has 0 saturated heterocycles. The molecule has 0 saturated carbocycles. The molecule has 0 aromatic heterocycles. The van der Waals surface area contributed by atoms with Gasteiger partial charge in [-0.3, -0.25) is 0 Å². The van der Waals surface area contributed by atoms with E-state index in [1.54, 1.807) is 0 Å². The Balaban J connectivity index is 2.09. The lowest BCUT2D eigenvalue weighted by molar-refractivity contribution is -0.0245. The molecule has 0 fully saturated rings. The van der Waals surface area contributed by atoms with E-state index in [9.17, 15) is 5.11 Å². The van der Waals surface area contributed by atoms with Crippen molar-refractivity contribution in [1.29, 1.82) is 0 Å². The number of hydrogen-bond donors (Lipinski definition) is 1. The van der Waals surface area contributed by atoms with Crippen molar-refractivity contribution >= 4 is 23.8 Å². The molecule has 0 amide bonds. The van der Waals surface area contributed by atoms with Gasteiger partial charge in [0.1, 0.15) is 5.60 Å². The van der Waals surface area contributed by atoms with Crippen molar-refractivity contribution < 1.29 is 5.11 Å². The molecule has 1 aliphatic rings. The van der Waals surface area contributed by atoms with Gasteiger partial charge in [0.25, 0.3) is 0 Å². The van der Waals surface area contributed by atoms with Crippen LogP contribution in [-0.2, 0) is 5.60 Å². The highest BCUT2D eigenvalue weighted by Crippen LogP contribution is 2.52. The van der Waals surface area contributed by atoms with Crippen LogP contribution in [0, 0.1) is 5.41 Å². The van der Waals surface area contributed by atoms with Gasteiger partial charge in [0.05, 0.1) is 0 Å². The van der Waals surface area contributed by atoms with Crippen LogP contribution in [0.15, 0.2) is 78.9 Å². The molecule has 4 rings (SSSR count). The quantitative estimate of drug-likeness (QED) is 0.660. The minimum atomic E-state index is -0.992. The summed E-state index contributed by atoms with van der Waals surface area (Å²) >= 11 is 0. The summed E-state index contributed by atoms with van der Waals surface area (Å²) in [5, 5.41) is 15.8. The molecule has 0 aliphatic carbocycles. The van der Waals surface area contributed by atoms with E-state index >= 15 is 0 Å². The summed E-state index contributed by atoms with van der Waals surface area (Å²) in [6, 6.07) is 27.6. The molecule has 0 spiro atoms. The molecule has 126 valence electrons. The molecule has 0 atom stereocenters. The molecule has 3 aromatic carbocycles. The molecule has 1 heterocycles. The Morgan fingerprint density at radius 2 is 1.12 bits per heavy atom. The molecular formula is C23H23OP. The first-order valence-electron chi connectivity index (χ1n) is 8.71. The molecule has 0 bridgehead atoms. The van der Waals surface area contributed by atoms with Crippen LogP contribution in [-0.4, -0.2) is 5.11 Å². The number of rotatable bonds is 1. The lowest BCUT2D eigenvalue weighted by Gasteiger charge is -2.47. The topological polar surface area (TPSA) is 20.2 Å². The van der Waals surface area contributed by atoms with Crippen LogP contribution >= 0.6 is 7.92 Å². The third-order valence-electron chi connectivity index (χ3n) is 5.17. The molecule has 25 heavy (non-hydrogen) atoms. The maximum atomic E-state index is 12.0. The van der Waals surface area contributed by atoms with Crippen LogP contribution in [0.25, 0.3) is 0 Å². The number of aliphatic hydroxyl groups is 1. The third-order valence-corrected chi connectivity index (χ3v) is 7.73. The van der Waals surface area contributed by atoms with Gasteiger partial charge < -0.3 is 5.11 Å². The highest BCUT2D eigenvalue weighted by atomic mass is 31.1. The summed E-state index contributed by atoms with van der Waals surface area (Å²) in [7, 11) is -0.664. The average molecular weight is 346 g/mol. The van der Waals surface area contributed by atoms with Crippen molar-refractivity contribution in [3.8, 4) is 0 Å². The fourth-order valence-electron chi connectivity index (χ4n) is 3.89. The lowest BCUT2D eigenvalue weighted by atomic mass is 9.68. The van der Waals surface area contributed by atoms with Crippen molar-refractivity contribution in [2.45, 2.75) is 26.4 Å². The van der Waals surface area contributed by atoms with Crippen molar-refractivity contribution in [1.82, 2.24) is 0 Å². The van der Waals surface area contributed by atoms with Crippen molar-refractivity contribution in [3.05, 3.63) is 90.0 Å². The highest BCUT2D eigenvalue weighted by molar-refractivity contribution is 7.80. The first-order chi connectivity index (χ1) is 11.9. The number of benzene rings is 3. The maximum Gasteiger partial charge on any atom is 0.121 e. The molecule has 2 heteroatoms. The Morgan fingerprint density at radius 1 is 0.680 bits per heavy atom. The van der Waals surface area contributed by atoms with Gasteiger partial charge in [0.2, 0.25) is 0 Å². The Labute approximate surface area is 151 Å². The van der Waals surface area contributed by atoms with Gasteiger partial charge in [-0.25, -0.2) is 0 Å². The number of hydrogen-bond acceptors (Lipinski definition) is 1. The van der Waals surface area contributed by atoms with E-state index in [-0.39, 0.29) is 5.41 Å². The van der Waals surface area contributed by atoms with E-state index in [2.05, 4.69) is 87.5 Å². The van der Waals surface area contributed by atoms with Crippen molar-refractivity contribution in [3.63, 3.8) is 0 Å². The standard InChI is InChI=1S/C23H23OP/c1-22(2,3)23(24)18-13-7-9-15-20(18)25(17-11-5-4-6-12-17)21-16-10-8-14-19(21)23/h4-16,24H,1-3H3. The van der Waals surface area contributed by atoms with Gasteiger partial charge in [-0.15, -0.1) is 0 Å². The minimum absolute atomic E-state index is 0.308. The second-order valence-electron chi connectivity index (χ2n) is 7.67. The molecule has 1 N–H and O–H groups in total. The van der Waals surface area contributed by atoms with E-state index in [0.717, 1.165) is 11.1 Å². The fourth-order valence-corrected chi connectivity index (χ4v) is 6.60. The zero-order chi connectivity index (χ0) is 17.7. The van der Waals surface area contributed by atoms with Gasteiger partial charge in [-0.2, -0.15) is 0 Å². The van der Waals surface area contributed by atoms with E-state index in [1.807, 2.05) is 12.1 Å². The fraction of sp³-hybridized carbons (Fsp3) is 0.217. The largest absolute Gasteiger partial charge is 0.380 e. The summed E-state index contributed by atoms with van der Waals surface area (Å²) in [6.07, 6.45) is 0. The van der Waals surface area contributed by atoms with Crippen LogP contribution in [0.4, 0.5) is 0 Å². The first kappa shape index (κ1) is 16.5. The van der Waals surface area contributed by atoms with Gasteiger partial charge in [0, 0.05) is 0 Å². The van der Waals surface area contributed by atoms with Crippen molar-refractivity contribution in [2.24, 2.45) is 5.41 Å². The maximum absolute atomic E-state index is 12.0. The van der Waals surface area contributed by atoms with Gasteiger partial charge >= 0.3 is 0 Å². The monoisotopic (exact) mass is 346 g/mol. The Kier molecular flexibility index (Phi) is 3.83. The smallest absolute Gasteiger partial charge is 0.121 e. The van der Waals surface area contributed by atoms with Crippen molar-refractivity contribution in [2.75, 3.05) is 0 Å². The molecule has 0 radical (unpaired) electrons. The van der Waals surface area contributed by atoms with Crippen LogP contribution in [0.5, 0.6) is 0 Å². The summed E-state index contributed by atoms with van der Waals surface area (Å²) in [5.41, 5.74) is 0.804. The molecule has 1 nitrogen and oxygen atoms in total. The van der Waals surface area contributed by atoms with Crippen LogP contribution in [0.1, 0.15) is 31.9 Å². The molecule has 3 aromatic rings. The van der Waals surface area contributed by atoms with Crippen LogP contribution < -0.4 is 15.9 Å². The normalized spacial score (nSPS) is 22.2. The Bertz CT molecular complexity index is 861. The zero-order valence-electron chi connectivity index (χ0n) is 14.9. The summed E-state index contributed by atoms with van der Waals surface area (Å²) in [5.74, 6) is 0. The van der Waals surface area contributed by atoms with Crippen LogP contribution in [0.2, 0.25) is 0 Å². The molecular weight excluding hydrogens is 323 g/mol. The second-order valence-corrected chi connectivity index (χ2v) is 9.82. The molecule has 0 unspecified atom stereocenters. The minimum Gasteiger partial charge on any atom is -0.380 e. The third kappa shape index (κ3) is 2.38. The lowest BCUT2D eigenvalue weighted by Crippen LogP contribution is -2.50. The van der Waals surface area contributed by atoms with Gasteiger partial charge in [-0.1, -0.05) is 99.6 Å². The van der Waals surface area contributed by atoms with E-state index in [1.165, 1.54) is 15.9 Å². The van der Waals surface area contributed by atoms with E-state index in [0.29, 0.717) is 0 Å². The van der Waals surface area contributed by atoms with Gasteiger partial charge in [-0.05, 0) is 40.4 Å². The predicted molar refractivity (Wildman–Crippen MR) is 108 cm³/mol. The summed E-state index contributed by atoms with van der Waals surface area (Å²) < 4.78 is 0. The second kappa shape index (κ2) is 5.80.